The third-order valence-corrected chi connectivity index (χ3v) is 2.28. The van der Waals surface area contributed by atoms with Gasteiger partial charge in [0.25, 0.3) is 0 Å². The summed E-state index contributed by atoms with van der Waals surface area (Å²) in [5.74, 6) is -0.0327. The van der Waals surface area contributed by atoms with Gasteiger partial charge in [0.15, 0.2) is 5.78 Å². The van der Waals surface area contributed by atoms with Gasteiger partial charge in [-0.05, 0) is 25.1 Å². The molecule has 0 bridgehead atoms. The van der Waals surface area contributed by atoms with Crippen LogP contribution in [0.2, 0.25) is 5.02 Å². The molecule has 0 aliphatic heterocycles. The van der Waals surface area contributed by atoms with Crippen molar-refractivity contribution in [2.45, 2.75) is 19.5 Å². The van der Waals surface area contributed by atoms with Crippen LogP contribution in [-0.2, 0) is 0 Å². The molecule has 0 aliphatic rings. The highest BCUT2D eigenvalue weighted by Crippen LogP contribution is 2.27. The molecule has 6 heteroatoms. The molecule has 0 aliphatic carbocycles. The number of carbonyl (C=O) groups is 1. The van der Waals surface area contributed by atoms with Gasteiger partial charge in [0.1, 0.15) is 5.75 Å². The van der Waals surface area contributed by atoms with Crippen LogP contribution in [0, 0.1) is 0 Å². The van der Waals surface area contributed by atoms with Gasteiger partial charge in [-0.15, -0.1) is 0 Å². The van der Waals surface area contributed by atoms with Gasteiger partial charge in [-0.25, -0.2) is 0 Å². The number of hydrogen-bond donors (Lipinski definition) is 0. The Labute approximate surface area is 101 Å². The quantitative estimate of drug-likeness (QED) is 0.773. The fraction of sp³-hybridized carbons (Fsp3) is 0.364. The minimum Gasteiger partial charge on any atom is -0.492 e. The second kappa shape index (κ2) is 5.40. The lowest BCUT2D eigenvalue weighted by molar-refractivity contribution is -0.139. The summed E-state index contributed by atoms with van der Waals surface area (Å²) in [6, 6.07) is 4.21. The third kappa shape index (κ3) is 4.65. The maximum Gasteiger partial charge on any atom is 0.392 e. The molecule has 0 aromatic heterocycles. The van der Waals surface area contributed by atoms with Crippen molar-refractivity contribution in [3.05, 3.63) is 28.8 Å². The van der Waals surface area contributed by atoms with Crippen LogP contribution in [-0.4, -0.2) is 18.6 Å². The number of hydrogen-bond acceptors (Lipinski definition) is 2. The lowest BCUT2D eigenvalue weighted by Crippen LogP contribution is -2.13. The number of Topliss-reactive ketones (excluding diaryl/α,β-unsaturated/α-hetero) is 1. The van der Waals surface area contributed by atoms with Crippen LogP contribution in [0.4, 0.5) is 13.2 Å². The Morgan fingerprint density at radius 2 is 2.06 bits per heavy atom. The Bertz CT molecular complexity index is 416. The van der Waals surface area contributed by atoms with Crippen molar-refractivity contribution in [2.24, 2.45) is 0 Å². The first kappa shape index (κ1) is 13.8. The molecule has 0 saturated carbocycles. The highest BCUT2D eigenvalue weighted by molar-refractivity contribution is 6.32. The monoisotopic (exact) mass is 266 g/mol. The summed E-state index contributed by atoms with van der Waals surface area (Å²) in [6.07, 6.45) is -5.30. The van der Waals surface area contributed by atoms with E-state index in [1.165, 1.54) is 25.1 Å². The average molecular weight is 267 g/mol. The predicted molar refractivity (Wildman–Crippen MR) is 57.6 cm³/mol. The Morgan fingerprint density at radius 1 is 1.41 bits per heavy atom. The molecule has 0 radical (unpaired) electrons. The fourth-order valence-electron chi connectivity index (χ4n) is 1.11. The second-order valence-electron chi connectivity index (χ2n) is 3.42. The van der Waals surface area contributed by atoms with Crippen LogP contribution >= 0.6 is 11.6 Å². The zero-order valence-corrected chi connectivity index (χ0v) is 9.73. The summed E-state index contributed by atoms with van der Waals surface area (Å²) in [5, 5.41) is 0.125. The SMILES string of the molecule is CC(=O)c1ccc(OCCC(F)(F)F)c(Cl)c1. The summed E-state index contributed by atoms with van der Waals surface area (Å²) in [6.45, 7) is 0.873. The van der Waals surface area contributed by atoms with Crippen molar-refractivity contribution >= 4 is 17.4 Å². The van der Waals surface area contributed by atoms with E-state index in [4.69, 9.17) is 16.3 Å². The Balaban J connectivity index is 2.64. The van der Waals surface area contributed by atoms with E-state index < -0.39 is 19.2 Å². The molecule has 1 rings (SSSR count). The van der Waals surface area contributed by atoms with E-state index in [1.807, 2.05) is 0 Å². The van der Waals surface area contributed by atoms with Crippen molar-refractivity contribution in [1.82, 2.24) is 0 Å². The molecule has 0 fully saturated rings. The van der Waals surface area contributed by atoms with Crippen molar-refractivity contribution in [2.75, 3.05) is 6.61 Å². The maximum absolute atomic E-state index is 11.9. The highest BCUT2D eigenvalue weighted by atomic mass is 35.5. The molecule has 1 aromatic rings. The largest absolute Gasteiger partial charge is 0.492 e. The van der Waals surface area contributed by atoms with Crippen LogP contribution in [0.1, 0.15) is 23.7 Å². The van der Waals surface area contributed by atoms with Gasteiger partial charge in [0.2, 0.25) is 0 Å². The van der Waals surface area contributed by atoms with E-state index in [2.05, 4.69) is 0 Å². The van der Waals surface area contributed by atoms with Crippen molar-refractivity contribution in [3.63, 3.8) is 0 Å². The molecule has 2 nitrogen and oxygen atoms in total. The molecule has 94 valence electrons. The first-order valence-electron chi connectivity index (χ1n) is 4.79. The smallest absolute Gasteiger partial charge is 0.392 e. The molecule has 0 N–H and O–H groups in total. The summed E-state index contributed by atoms with van der Waals surface area (Å²) in [7, 11) is 0. The van der Waals surface area contributed by atoms with Crippen molar-refractivity contribution in [1.29, 1.82) is 0 Å². The zero-order valence-electron chi connectivity index (χ0n) is 8.97. The predicted octanol–water partition coefficient (Wildman–Crippen LogP) is 3.87. The van der Waals surface area contributed by atoms with Crippen LogP contribution in [0.15, 0.2) is 18.2 Å². The minimum atomic E-state index is -4.26. The number of ether oxygens (including phenoxy) is 1. The number of carbonyl (C=O) groups excluding carboxylic acids is 1. The lowest BCUT2D eigenvalue weighted by atomic mass is 10.1. The van der Waals surface area contributed by atoms with Gasteiger partial charge in [-0.1, -0.05) is 11.6 Å². The maximum atomic E-state index is 11.9. The fourth-order valence-corrected chi connectivity index (χ4v) is 1.35. The molecule has 0 amide bonds. The zero-order chi connectivity index (χ0) is 13.1. The van der Waals surface area contributed by atoms with Gasteiger partial charge >= 0.3 is 6.18 Å². The van der Waals surface area contributed by atoms with E-state index in [9.17, 15) is 18.0 Å². The summed E-state index contributed by atoms with van der Waals surface area (Å²) < 4.78 is 40.5. The topological polar surface area (TPSA) is 26.3 Å². The molecule has 0 spiro atoms. The second-order valence-corrected chi connectivity index (χ2v) is 3.82. The molecule has 1 aromatic carbocycles. The van der Waals surface area contributed by atoms with Gasteiger partial charge in [0.05, 0.1) is 18.1 Å². The minimum absolute atomic E-state index is 0.125. The Hall–Kier alpha value is -1.23. The standard InChI is InChI=1S/C11H10ClF3O2/c1-7(16)8-2-3-10(9(12)6-8)17-5-4-11(13,14)15/h2-3,6H,4-5H2,1H3. The average Bonchev–Trinajstić information content (AvgIpc) is 2.18. The number of halogens is 4. The van der Waals surface area contributed by atoms with E-state index in [0.29, 0.717) is 5.56 Å². The molecule has 0 saturated heterocycles. The van der Waals surface area contributed by atoms with Gasteiger partial charge in [-0.2, -0.15) is 13.2 Å². The Kier molecular flexibility index (Phi) is 4.40. The lowest BCUT2D eigenvalue weighted by Gasteiger charge is -2.10. The first-order chi connectivity index (χ1) is 7.79. The van der Waals surface area contributed by atoms with Gasteiger partial charge in [0, 0.05) is 5.56 Å². The van der Waals surface area contributed by atoms with Crippen LogP contribution in [0.25, 0.3) is 0 Å². The molecule has 17 heavy (non-hydrogen) atoms. The summed E-state index contributed by atoms with van der Waals surface area (Å²) in [5.41, 5.74) is 0.387. The Morgan fingerprint density at radius 3 is 2.53 bits per heavy atom. The number of rotatable bonds is 4. The number of alkyl halides is 3. The third-order valence-electron chi connectivity index (χ3n) is 1.98. The van der Waals surface area contributed by atoms with Crippen molar-refractivity contribution in [3.8, 4) is 5.75 Å². The van der Waals surface area contributed by atoms with Crippen molar-refractivity contribution < 1.29 is 22.7 Å². The van der Waals surface area contributed by atoms with E-state index >= 15 is 0 Å². The van der Waals surface area contributed by atoms with Gasteiger partial charge < -0.3 is 4.74 Å². The van der Waals surface area contributed by atoms with Crippen LogP contribution < -0.4 is 4.74 Å². The van der Waals surface area contributed by atoms with E-state index in [1.54, 1.807) is 0 Å². The summed E-state index contributed by atoms with van der Waals surface area (Å²) >= 11 is 5.77. The molecular formula is C11H10ClF3O2. The van der Waals surface area contributed by atoms with Gasteiger partial charge in [-0.3, -0.25) is 4.79 Å². The molecule has 0 heterocycles. The molecule has 0 atom stereocenters. The van der Waals surface area contributed by atoms with E-state index in [0.717, 1.165) is 0 Å². The normalized spacial score (nSPS) is 11.4. The highest BCUT2D eigenvalue weighted by Gasteiger charge is 2.26. The molecular weight excluding hydrogens is 257 g/mol. The first-order valence-corrected chi connectivity index (χ1v) is 5.17. The van der Waals surface area contributed by atoms with Crippen LogP contribution in [0.3, 0.4) is 0 Å². The van der Waals surface area contributed by atoms with Crippen LogP contribution in [0.5, 0.6) is 5.75 Å². The molecule has 0 unspecified atom stereocenters. The summed E-state index contributed by atoms with van der Waals surface area (Å²) in [4.78, 5) is 11.0. The van der Waals surface area contributed by atoms with E-state index in [-0.39, 0.29) is 16.6 Å². The number of ketones is 1. The number of benzene rings is 1.